The predicted octanol–water partition coefficient (Wildman–Crippen LogP) is 0.0706. The number of aliphatic hydroxyl groups excluding tert-OH is 1. The van der Waals surface area contributed by atoms with Gasteiger partial charge in [0.1, 0.15) is 0 Å². The predicted molar refractivity (Wildman–Crippen MR) is 63.2 cm³/mol. The van der Waals surface area contributed by atoms with Crippen LogP contribution in [0.1, 0.15) is 12.0 Å². The fourth-order valence-corrected chi connectivity index (χ4v) is 2.46. The number of nitrogen functional groups attached to an aromatic ring is 1. The molecule has 1 rings (SSSR count). The minimum absolute atomic E-state index is 0.0318. The zero-order valence-corrected chi connectivity index (χ0v) is 9.70. The molecule has 0 aliphatic rings. The van der Waals surface area contributed by atoms with Crippen LogP contribution >= 0.6 is 0 Å². The molecule has 1 aromatic rings. The van der Waals surface area contributed by atoms with Crippen LogP contribution < -0.4 is 10.5 Å². The fraction of sp³-hybridized carbons (Fsp3) is 0.400. The second-order valence-electron chi connectivity index (χ2n) is 3.43. The van der Waals surface area contributed by atoms with Crippen molar-refractivity contribution in [2.45, 2.75) is 12.2 Å². The molecule has 1 aromatic carbocycles. The van der Waals surface area contributed by atoms with Gasteiger partial charge in [-0.05, 0) is 18.1 Å². The molecule has 6 heteroatoms. The van der Waals surface area contributed by atoms with Crippen molar-refractivity contribution in [3.63, 3.8) is 0 Å². The van der Waals surface area contributed by atoms with Crippen molar-refractivity contribution < 1.29 is 13.5 Å². The first-order valence-corrected chi connectivity index (χ1v) is 6.62. The number of aliphatic hydroxyl groups is 1. The molecule has 5 nitrogen and oxygen atoms in total. The zero-order chi connectivity index (χ0) is 12.0. The third-order valence-electron chi connectivity index (χ3n) is 2.06. The van der Waals surface area contributed by atoms with Crippen LogP contribution in [-0.2, 0) is 15.8 Å². The van der Waals surface area contributed by atoms with Crippen LogP contribution in [0.5, 0.6) is 0 Å². The molecule has 0 aliphatic heterocycles. The molecule has 0 aliphatic carbocycles. The van der Waals surface area contributed by atoms with Crippen LogP contribution in [-0.4, -0.2) is 26.7 Å². The lowest BCUT2D eigenvalue weighted by Crippen LogP contribution is -2.26. The summed E-state index contributed by atoms with van der Waals surface area (Å²) in [6.45, 7) is 0.210. The van der Waals surface area contributed by atoms with Crippen molar-refractivity contribution >= 4 is 15.7 Å². The first kappa shape index (κ1) is 13.0. The molecule has 0 atom stereocenters. The van der Waals surface area contributed by atoms with Crippen molar-refractivity contribution in [1.29, 1.82) is 0 Å². The molecule has 0 aromatic heterocycles. The van der Waals surface area contributed by atoms with Crippen molar-refractivity contribution in [2.75, 3.05) is 18.9 Å². The van der Waals surface area contributed by atoms with Gasteiger partial charge in [0.25, 0.3) is 0 Å². The topological polar surface area (TPSA) is 92.4 Å². The van der Waals surface area contributed by atoms with Crippen LogP contribution in [0.4, 0.5) is 5.69 Å². The van der Waals surface area contributed by atoms with E-state index in [1.807, 2.05) is 0 Å². The SMILES string of the molecule is Nc1ccccc1CS(=O)(=O)NCCCO. The van der Waals surface area contributed by atoms with Crippen molar-refractivity contribution in [3.8, 4) is 0 Å². The monoisotopic (exact) mass is 244 g/mol. The number of nitrogens with one attached hydrogen (secondary N) is 1. The Morgan fingerprint density at radius 3 is 2.62 bits per heavy atom. The maximum Gasteiger partial charge on any atom is 0.215 e. The standard InChI is InChI=1S/C10H16N2O3S/c11-10-5-2-1-4-9(10)8-16(14,15)12-6-3-7-13/h1-2,4-5,12-13H,3,6-8,11H2. The van der Waals surface area contributed by atoms with Crippen LogP contribution in [0.3, 0.4) is 0 Å². The summed E-state index contributed by atoms with van der Waals surface area (Å²) in [6, 6.07) is 6.85. The molecule has 0 saturated carbocycles. The Kier molecular flexibility index (Phi) is 4.72. The quantitative estimate of drug-likeness (QED) is 0.488. The van der Waals surface area contributed by atoms with Crippen LogP contribution in [0.2, 0.25) is 0 Å². The van der Waals surface area contributed by atoms with E-state index in [0.29, 0.717) is 17.7 Å². The number of sulfonamides is 1. The highest BCUT2D eigenvalue weighted by atomic mass is 32.2. The first-order chi connectivity index (χ1) is 7.55. The van der Waals surface area contributed by atoms with E-state index >= 15 is 0 Å². The highest BCUT2D eigenvalue weighted by molar-refractivity contribution is 7.88. The highest BCUT2D eigenvalue weighted by Gasteiger charge is 2.12. The molecule has 16 heavy (non-hydrogen) atoms. The Labute approximate surface area is 95.3 Å². The van der Waals surface area contributed by atoms with E-state index in [1.54, 1.807) is 24.3 Å². The van der Waals surface area contributed by atoms with E-state index in [4.69, 9.17) is 10.8 Å². The molecule has 0 fully saturated rings. The van der Waals surface area contributed by atoms with E-state index in [1.165, 1.54) is 0 Å². The summed E-state index contributed by atoms with van der Waals surface area (Å²) in [6.07, 6.45) is 0.406. The van der Waals surface area contributed by atoms with E-state index in [9.17, 15) is 8.42 Å². The number of para-hydroxylation sites is 1. The minimum atomic E-state index is -3.37. The lowest BCUT2D eigenvalue weighted by molar-refractivity contribution is 0.289. The molecular formula is C10H16N2O3S. The zero-order valence-electron chi connectivity index (χ0n) is 8.89. The Morgan fingerprint density at radius 1 is 1.31 bits per heavy atom. The molecule has 0 amide bonds. The van der Waals surface area contributed by atoms with Crippen LogP contribution in [0.15, 0.2) is 24.3 Å². The van der Waals surface area contributed by atoms with Gasteiger partial charge in [-0.1, -0.05) is 18.2 Å². The van der Waals surface area contributed by atoms with Gasteiger partial charge in [0.2, 0.25) is 10.0 Å². The molecule has 90 valence electrons. The fourth-order valence-electron chi connectivity index (χ4n) is 1.23. The van der Waals surface area contributed by atoms with Gasteiger partial charge >= 0.3 is 0 Å². The van der Waals surface area contributed by atoms with Gasteiger partial charge in [0.05, 0.1) is 5.75 Å². The number of benzene rings is 1. The van der Waals surface area contributed by atoms with E-state index in [2.05, 4.69) is 4.72 Å². The summed E-state index contributed by atoms with van der Waals surface area (Å²) in [7, 11) is -3.37. The molecule has 4 N–H and O–H groups in total. The number of anilines is 1. The van der Waals surface area contributed by atoms with Gasteiger partial charge in [0.15, 0.2) is 0 Å². The molecule has 0 saturated heterocycles. The Bertz CT molecular complexity index is 431. The summed E-state index contributed by atoms with van der Waals surface area (Å²) in [5.74, 6) is -0.134. The lowest BCUT2D eigenvalue weighted by Gasteiger charge is -2.07. The molecule has 0 heterocycles. The minimum Gasteiger partial charge on any atom is -0.398 e. The van der Waals surface area contributed by atoms with Gasteiger partial charge in [0, 0.05) is 18.8 Å². The molecule has 0 unspecified atom stereocenters. The molecule has 0 bridgehead atoms. The van der Waals surface area contributed by atoms with Crippen LogP contribution in [0, 0.1) is 0 Å². The highest BCUT2D eigenvalue weighted by Crippen LogP contribution is 2.13. The smallest absolute Gasteiger partial charge is 0.215 e. The summed E-state index contributed by atoms with van der Waals surface area (Å²) in [5.41, 5.74) is 6.70. The number of hydrogen-bond acceptors (Lipinski definition) is 4. The normalized spacial score (nSPS) is 11.6. The molecular weight excluding hydrogens is 228 g/mol. The summed E-state index contributed by atoms with van der Waals surface area (Å²) in [4.78, 5) is 0. The van der Waals surface area contributed by atoms with E-state index in [0.717, 1.165) is 0 Å². The lowest BCUT2D eigenvalue weighted by atomic mass is 10.2. The molecule has 0 spiro atoms. The summed E-state index contributed by atoms with van der Waals surface area (Å²) >= 11 is 0. The van der Waals surface area contributed by atoms with E-state index in [-0.39, 0.29) is 18.9 Å². The second kappa shape index (κ2) is 5.83. The number of hydrogen-bond donors (Lipinski definition) is 3. The summed E-state index contributed by atoms with van der Waals surface area (Å²) < 4.78 is 25.5. The third kappa shape index (κ3) is 4.18. The van der Waals surface area contributed by atoms with Gasteiger partial charge < -0.3 is 10.8 Å². The first-order valence-electron chi connectivity index (χ1n) is 4.97. The maximum atomic E-state index is 11.6. The average molecular weight is 244 g/mol. The van der Waals surface area contributed by atoms with Crippen LogP contribution in [0.25, 0.3) is 0 Å². The largest absolute Gasteiger partial charge is 0.398 e. The third-order valence-corrected chi connectivity index (χ3v) is 3.39. The average Bonchev–Trinajstić information content (AvgIpc) is 2.21. The van der Waals surface area contributed by atoms with E-state index < -0.39 is 10.0 Å². The number of nitrogens with two attached hydrogens (primary N) is 1. The van der Waals surface area contributed by atoms with Crippen molar-refractivity contribution in [3.05, 3.63) is 29.8 Å². The summed E-state index contributed by atoms with van der Waals surface area (Å²) in [5, 5.41) is 8.54. The van der Waals surface area contributed by atoms with Gasteiger partial charge in [-0.15, -0.1) is 0 Å². The second-order valence-corrected chi connectivity index (χ2v) is 5.24. The Hall–Kier alpha value is -1.11. The Morgan fingerprint density at radius 2 is 2.00 bits per heavy atom. The van der Waals surface area contributed by atoms with Gasteiger partial charge in [-0.2, -0.15) is 0 Å². The number of rotatable bonds is 6. The van der Waals surface area contributed by atoms with Crippen molar-refractivity contribution in [2.24, 2.45) is 0 Å². The van der Waals surface area contributed by atoms with Crippen molar-refractivity contribution in [1.82, 2.24) is 4.72 Å². The Balaban J connectivity index is 2.63. The van der Waals surface area contributed by atoms with Gasteiger partial charge in [-0.25, -0.2) is 13.1 Å². The molecule has 0 radical (unpaired) electrons. The maximum absolute atomic E-state index is 11.6. The van der Waals surface area contributed by atoms with Gasteiger partial charge in [-0.3, -0.25) is 0 Å².